The molecular formula is C24H23FN4O2. The van der Waals surface area contributed by atoms with Crippen molar-refractivity contribution in [3.05, 3.63) is 72.0 Å². The highest BCUT2D eigenvalue weighted by Crippen LogP contribution is 2.24. The number of nitrogens with one attached hydrogen (secondary N) is 1. The Labute approximate surface area is 180 Å². The van der Waals surface area contributed by atoms with E-state index in [0.717, 1.165) is 24.9 Å². The number of hydrogen-bond donors (Lipinski definition) is 1. The molecule has 0 bridgehead atoms. The topological polar surface area (TPSA) is 75.2 Å². The number of aromatic nitrogens is 2. The molecule has 0 saturated carbocycles. The maximum Gasteiger partial charge on any atom is 0.229 e. The van der Waals surface area contributed by atoms with Crippen LogP contribution in [0.15, 0.2) is 60.7 Å². The van der Waals surface area contributed by atoms with E-state index in [2.05, 4.69) is 20.4 Å². The lowest BCUT2D eigenvalue weighted by Crippen LogP contribution is -2.41. The zero-order valence-corrected chi connectivity index (χ0v) is 17.2. The standard InChI is InChI=1S/C24H23FN4O2/c1-16(30)17-6-10-21(11-7-17)26-24(31)19-3-2-14-29(15-19)23-13-12-22(27-28-23)18-4-8-20(25)9-5-18/h4-13,19H,2-3,14-15H2,1H3,(H,26,31). The minimum atomic E-state index is -0.291. The molecule has 1 saturated heterocycles. The molecule has 1 amide bonds. The number of rotatable bonds is 5. The molecule has 1 atom stereocenters. The molecule has 1 aromatic heterocycles. The molecule has 6 nitrogen and oxygen atoms in total. The first kappa shape index (κ1) is 20.7. The van der Waals surface area contributed by atoms with Gasteiger partial charge in [0.15, 0.2) is 11.6 Å². The van der Waals surface area contributed by atoms with E-state index in [9.17, 15) is 14.0 Å². The summed E-state index contributed by atoms with van der Waals surface area (Å²) >= 11 is 0. The molecule has 31 heavy (non-hydrogen) atoms. The second kappa shape index (κ2) is 9.04. The van der Waals surface area contributed by atoms with Gasteiger partial charge in [0.05, 0.1) is 11.6 Å². The molecular weight excluding hydrogens is 395 g/mol. The van der Waals surface area contributed by atoms with Crippen molar-refractivity contribution in [2.24, 2.45) is 5.92 Å². The van der Waals surface area contributed by atoms with Crippen LogP contribution in [0.3, 0.4) is 0 Å². The van der Waals surface area contributed by atoms with Crippen LogP contribution in [0, 0.1) is 11.7 Å². The highest BCUT2D eigenvalue weighted by Gasteiger charge is 2.27. The number of Topliss-reactive ketones (excluding diaryl/α,β-unsaturated/α-hetero) is 1. The van der Waals surface area contributed by atoms with Crippen molar-refractivity contribution in [2.45, 2.75) is 19.8 Å². The molecule has 158 valence electrons. The fourth-order valence-corrected chi connectivity index (χ4v) is 3.70. The number of piperidine rings is 1. The molecule has 0 spiro atoms. The number of benzene rings is 2. The summed E-state index contributed by atoms with van der Waals surface area (Å²) in [5, 5.41) is 11.5. The number of carbonyl (C=O) groups is 2. The fraction of sp³-hybridized carbons (Fsp3) is 0.250. The Bertz CT molecular complexity index is 1070. The van der Waals surface area contributed by atoms with Gasteiger partial charge in [-0.1, -0.05) is 0 Å². The summed E-state index contributed by atoms with van der Waals surface area (Å²) in [5.41, 5.74) is 2.76. The second-order valence-electron chi connectivity index (χ2n) is 7.69. The van der Waals surface area contributed by atoms with Crippen LogP contribution >= 0.6 is 0 Å². The van der Waals surface area contributed by atoms with Crippen LogP contribution in [-0.4, -0.2) is 35.0 Å². The predicted molar refractivity (Wildman–Crippen MR) is 117 cm³/mol. The summed E-state index contributed by atoms with van der Waals surface area (Å²) in [6.07, 6.45) is 1.68. The summed E-state index contributed by atoms with van der Waals surface area (Å²) in [4.78, 5) is 26.2. The number of ketones is 1. The van der Waals surface area contributed by atoms with Crippen molar-refractivity contribution in [1.29, 1.82) is 0 Å². The minimum absolute atomic E-state index is 0.00708. The fourth-order valence-electron chi connectivity index (χ4n) is 3.70. The highest BCUT2D eigenvalue weighted by atomic mass is 19.1. The van der Waals surface area contributed by atoms with E-state index < -0.39 is 0 Å². The molecule has 2 aromatic carbocycles. The number of halogens is 1. The van der Waals surface area contributed by atoms with Gasteiger partial charge in [-0.25, -0.2) is 4.39 Å². The molecule has 1 aliphatic heterocycles. The van der Waals surface area contributed by atoms with Crippen LogP contribution in [0.4, 0.5) is 15.9 Å². The van der Waals surface area contributed by atoms with Gasteiger partial charge in [0.1, 0.15) is 5.82 Å². The second-order valence-corrected chi connectivity index (χ2v) is 7.69. The van der Waals surface area contributed by atoms with Crippen molar-refractivity contribution in [3.8, 4) is 11.3 Å². The van der Waals surface area contributed by atoms with Gasteiger partial charge in [0.2, 0.25) is 5.91 Å². The van der Waals surface area contributed by atoms with Crippen LogP contribution < -0.4 is 10.2 Å². The van der Waals surface area contributed by atoms with Crippen LogP contribution in [0.5, 0.6) is 0 Å². The first-order chi connectivity index (χ1) is 15.0. The maximum atomic E-state index is 13.1. The average molecular weight is 418 g/mol. The Morgan fingerprint density at radius 2 is 1.74 bits per heavy atom. The number of hydrogen-bond acceptors (Lipinski definition) is 5. The Morgan fingerprint density at radius 3 is 2.39 bits per heavy atom. The number of carbonyl (C=O) groups excluding carboxylic acids is 2. The third-order valence-electron chi connectivity index (χ3n) is 5.47. The van der Waals surface area contributed by atoms with Gasteiger partial charge in [-0.05, 0) is 80.4 Å². The summed E-state index contributed by atoms with van der Waals surface area (Å²) in [6.45, 7) is 2.88. The third kappa shape index (κ3) is 4.94. The molecule has 1 fully saturated rings. The lowest BCUT2D eigenvalue weighted by Gasteiger charge is -2.32. The molecule has 0 aliphatic carbocycles. The Balaban J connectivity index is 1.40. The lowest BCUT2D eigenvalue weighted by atomic mass is 9.97. The summed E-state index contributed by atoms with van der Waals surface area (Å²) in [6, 6.07) is 16.8. The van der Waals surface area contributed by atoms with E-state index in [4.69, 9.17) is 0 Å². The molecule has 1 aliphatic rings. The van der Waals surface area contributed by atoms with Crippen molar-refractivity contribution in [2.75, 3.05) is 23.3 Å². The van der Waals surface area contributed by atoms with Crippen molar-refractivity contribution < 1.29 is 14.0 Å². The van der Waals surface area contributed by atoms with Crippen LogP contribution in [0.1, 0.15) is 30.1 Å². The SMILES string of the molecule is CC(=O)c1ccc(NC(=O)C2CCCN(c3ccc(-c4ccc(F)cc4)nn3)C2)cc1. The molecule has 7 heteroatoms. The Hall–Kier alpha value is -3.61. The molecule has 1 unspecified atom stereocenters. The van der Waals surface area contributed by atoms with Gasteiger partial charge < -0.3 is 10.2 Å². The molecule has 4 rings (SSSR count). The van der Waals surface area contributed by atoms with E-state index in [1.165, 1.54) is 19.1 Å². The molecule has 0 radical (unpaired) electrons. The monoisotopic (exact) mass is 418 g/mol. The smallest absolute Gasteiger partial charge is 0.229 e. The molecule has 3 aromatic rings. The van der Waals surface area contributed by atoms with Crippen LogP contribution in [-0.2, 0) is 4.79 Å². The zero-order valence-electron chi connectivity index (χ0n) is 17.2. The van der Waals surface area contributed by atoms with E-state index in [-0.39, 0.29) is 23.4 Å². The molecule has 2 heterocycles. The van der Waals surface area contributed by atoms with E-state index >= 15 is 0 Å². The minimum Gasteiger partial charge on any atom is -0.354 e. The first-order valence-corrected chi connectivity index (χ1v) is 10.3. The summed E-state index contributed by atoms with van der Waals surface area (Å²) < 4.78 is 13.1. The number of anilines is 2. The van der Waals surface area contributed by atoms with Crippen molar-refractivity contribution >= 4 is 23.2 Å². The lowest BCUT2D eigenvalue weighted by molar-refractivity contribution is -0.120. The Morgan fingerprint density at radius 1 is 1.00 bits per heavy atom. The maximum absolute atomic E-state index is 13.1. The predicted octanol–water partition coefficient (Wildman–Crippen LogP) is 4.34. The van der Waals surface area contributed by atoms with E-state index in [1.54, 1.807) is 36.4 Å². The molecule has 1 N–H and O–H groups in total. The van der Waals surface area contributed by atoms with Gasteiger partial charge in [-0.15, -0.1) is 10.2 Å². The van der Waals surface area contributed by atoms with Gasteiger partial charge in [0, 0.05) is 29.9 Å². The van der Waals surface area contributed by atoms with Crippen molar-refractivity contribution in [3.63, 3.8) is 0 Å². The first-order valence-electron chi connectivity index (χ1n) is 10.3. The number of nitrogens with zero attached hydrogens (tertiary/aromatic N) is 3. The number of amides is 1. The largest absolute Gasteiger partial charge is 0.354 e. The quantitative estimate of drug-likeness (QED) is 0.624. The zero-order chi connectivity index (χ0) is 21.8. The third-order valence-corrected chi connectivity index (χ3v) is 5.47. The highest BCUT2D eigenvalue weighted by molar-refractivity contribution is 5.96. The van der Waals surface area contributed by atoms with Gasteiger partial charge in [0.25, 0.3) is 0 Å². The Kier molecular flexibility index (Phi) is 6.02. The van der Waals surface area contributed by atoms with Gasteiger partial charge >= 0.3 is 0 Å². The summed E-state index contributed by atoms with van der Waals surface area (Å²) in [5.74, 6) is 0.207. The van der Waals surface area contributed by atoms with Crippen LogP contribution in [0.25, 0.3) is 11.3 Å². The van der Waals surface area contributed by atoms with Gasteiger partial charge in [-0.3, -0.25) is 9.59 Å². The summed E-state index contributed by atoms with van der Waals surface area (Å²) in [7, 11) is 0. The van der Waals surface area contributed by atoms with Crippen LogP contribution in [0.2, 0.25) is 0 Å². The van der Waals surface area contributed by atoms with E-state index in [0.29, 0.717) is 29.3 Å². The van der Waals surface area contributed by atoms with E-state index in [1.807, 2.05) is 12.1 Å². The van der Waals surface area contributed by atoms with Gasteiger partial charge in [-0.2, -0.15) is 0 Å². The van der Waals surface area contributed by atoms with Crippen molar-refractivity contribution in [1.82, 2.24) is 10.2 Å². The average Bonchev–Trinajstić information content (AvgIpc) is 2.80. The normalized spacial score (nSPS) is 16.1.